The van der Waals surface area contributed by atoms with Gasteiger partial charge in [-0.25, -0.2) is 4.79 Å². The van der Waals surface area contributed by atoms with E-state index in [-0.39, 0.29) is 12.8 Å². The number of unbranched alkanes of at least 4 members (excludes halogenated alkanes) is 1. The molecular formula is C12H18N2O6. The van der Waals surface area contributed by atoms with Crippen molar-refractivity contribution in [1.29, 1.82) is 0 Å². The minimum absolute atomic E-state index is 0.124. The van der Waals surface area contributed by atoms with E-state index in [0.29, 0.717) is 12.8 Å². The summed E-state index contributed by atoms with van der Waals surface area (Å²) in [5, 5.41) is 11.5. The quantitative estimate of drug-likeness (QED) is 0.302. The lowest BCUT2D eigenvalue weighted by molar-refractivity contribution is -0.563. The average molecular weight is 286 g/mol. The Kier molecular flexibility index (Phi) is 4.80. The summed E-state index contributed by atoms with van der Waals surface area (Å²) < 4.78 is 4.54. The number of amides is 2. The van der Waals surface area contributed by atoms with Crippen LogP contribution in [0.25, 0.3) is 0 Å². The van der Waals surface area contributed by atoms with Gasteiger partial charge in [0.1, 0.15) is 5.92 Å². The number of nitrogens with zero attached hydrogens (tertiary/aromatic N) is 2. The van der Waals surface area contributed by atoms with Gasteiger partial charge in [-0.2, -0.15) is 0 Å². The first-order chi connectivity index (χ1) is 9.32. The Morgan fingerprint density at radius 3 is 2.50 bits per heavy atom. The van der Waals surface area contributed by atoms with Crippen molar-refractivity contribution in [2.75, 3.05) is 14.2 Å². The lowest BCUT2D eigenvalue weighted by Gasteiger charge is -2.26. The summed E-state index contributed by atoms with van der Waals surface area (Å²) in [4.78, 5) is 47.2. The summed E-state index contributed by atoms with van der Waals surface area (Å²) in [6, 6.07) is 0. The number of rotatable bonds is 6. The van der Waals surface area contributed by atoms with Crippen molar-refractivity contribution in [3.8, 4) is 0 Å². The maximum Gasteiger partial charge on any atom is 0.385 e. The predicted octanol–water partition coefficient (Wildman–Crippen LogP) is 0.370. The van der Waals surface area contributed by atoms with E-state index >= 15 is 0 Å². The number of hydrogen-bond donors (Lipinski definition) is 0. The molecule has 0 radical (unpaired) electrons. The molecule has 8 heteroatoms. The second kappa shape index (κ2) is 5.98. The van der Waals surface area contributed by atoms with Crippen LogP contribution in [0.3, 0.4) is 0 Å². The number of ether oxygens (including phenoxy) is 1. The minimum Gasteiger partial charge on any atom is -0.464 e. The maximum absolute atomic E-state index is 12.0. The highest BCUT2D eigenvalue weighted by atomic mass is 16.6. The Labute approximate surface area is 116 Å². The molecule has 0 aromatic carbocycles. The lowest BCUT2D eigenvalue weighted by Crippen LogP contribution is -2.55. The average Bonchev–Trinajstić information content (AvgIpc) is 2.67. The number of likely N-dealkylation sites (tertiary alicyclic amines) is 1. The van der Waals surface area contributed by atoms with Crippen molar-refractivity contribution in [3.05, 3.63) is 10.1 Å². The van der Waals surface area contributed by atoms with Gasteiger partial charge >= 0.3 is 11.5 Å². The van der Waals surface area contributed by atoms with Crippen molar-refractivity contribution in [2.45, 2.75) is 38.1 Å². The fourth-order valence-corrected chi connectivity index (χ4v) is 2.46. The first-order valence-corrected chi connectivity index (χ1v) is 6.36. The SMILES string of the molecule is CCCC[C@@](C(=O)OC)([C@@H]1CC(=O)N(C)C1=O)[N+](=O)[O-]. The van der Waals surface area contributed by atoms with Crippen molar-refractivity contribution in [2.24, 2.45) is 5.92 Å². The summed E-state index contributed by atoms with van der Waals surface area (Å²) in [5.74, 6) is -3.59. The van der Waals surface area contributed by atoms with Crippen LogP contribution in [0.2, 0.25) is 0 Å². The molecule has 1 fully saturated rings. The second-order valence-corrected chi connectivity index (χ2v) is 4.82. The third-order valence-corrected chi connectivity index (χ3v) is 3.73. The Morgan fingerprint density at radius 1 is 1.55 bits per heavy atom. The molecule has 0 N–H and O–H groups in total. The third-order valence-electron chi connectivity index (χ3n) is 3.73. The molecule has 2 atom stereocenters. The molecule has 8 nitrogen and oxygen atoms in total. The Bertz CT molecular complexity index is 449. The zero-order valence-electron chi connectivity index (χ0n) is 11.7. The van der Waals surface area contributed by atoms with Gasteiger partial charge in [-0.05, 0) is 6.42 Å². The Hall–Kier alpha value is -1.99. The van der Waals surface area contributed by atoms with E-state index in [9.17, 15) is 24.5 Å². The highest BCUT2D eigenvalue weighted by Gasteiger charge is 2.64. The number of methoxy groups -OCH3 is 1. The smallest absolute Gasteiger partial charge is 0.385 e. The molecule has 0 saturated carbocycles. The number of esters is 1. The summed E-state index contributed by atoms with van der Waals surface area (Å²) in [5.41, 5.74) is -2.18. The van der Waals surface area contributed by atoms with Crippen LogP contribution in [0, 0.1) is 16.0 Å². The Morgan fingerprint density at radius 2 is 2.15 bits per heavy atom. The predicted molar refractivity (Wildman–Crippen MR) is 67.2 cm³/mol. The fourth-order valence-electron chi connectivity index (χ4n) is 2.46. The van der Waals surface area contributed by atoms with Gasteiger partial charge in [0.25, 0.3) is 0 Å². The largest absolute Gasteiger partial charge is 0.464 e. The molecule has 1 aliphatic heterocycles. The molecule has 0 spiro atoms. The minimum atomic E-state index is -2.18. The molecular weight excluding hydrogens is 268 g/mol. The number of carbonyl (C=O) groups is 3. The van der Waals surface area contributed by atoms with Gasteiger partial charge in [-0.3, -0.25) is 24.6 Å². The number of imide groups is 1. The summed E-state index contributed by atoms with van der Waals surface area (Å²) >= 11 is 0. The van der Waals surface area contributed by atoms with E-state index in [1.54, 1.807) is 0 Å². The highest BCUT2D eigenvalue weighted by molar-refractivity contribution is 6.06. The van der Waals surface area contributed by atoms with Gasteiger partial charge in [0.2, 0.25) is 11.8 Å². The summed E-state index contributed by atoms with van der Waals surface area (Å²) in [6.07, 6.45) is 0.547. The molecule has 20 heavy (non-hydrogen) atoms. The number of nitro groups is 1. The summed E-state index contributed by atoms with van der Waals surface area (Å²) in [6.45, 7) is 1.82. The van der Waals surface area contributed by atoms with Crippen LogP contribution >= 0.6 is 0 Å². The first-order valence-electron chi connectivity index (χ1n) is 6.36. The zero-order chi connectivity index (χ0) is 15.5. The Balaban J connectivity index is 3.28. The molecule has 1 aliphatic rings. The molecule has 1 heterocycles. The van der Waals surface area contributed by atoms with E-state index < -0.39 is 34.2 Å². The zero-order valence-corrected chi connectivity index (χ0v) is 11.7. The van der Waals surface area contributed by atoms with Gasteiger partial charge in [-0.1, -0.05) is 13.3 Å². The molecule has 2 amide bonds. The molecule has 0 aromatic rings. The van der Waals surface area contributed by atoms with Crippen LogP contribution in [0.15, 0.2) is 0 Å². The van der Waals surface area contributed by atoms with Gasteiger partial charge in [0.15, 0.2) is 0 Å². The van der Waals surface area contributed by atoms with Crippen molar-refractivity contribution in [1.82, 2.24) is 4.90 Å². The lowest BCUT2D eigenvalue weighted by atomic mass is 9.79. The van der Waals surface area contributed by atoms with E-state index in [2.05, 4.69) is 4.74 Å². The number of hydrogen-bond acceptors (Lipinski definition) is 6. The fraction of sp³-hybridized carbons (Fsp3) is 0.750. The number of carbonyl (C=O) groups excluding carboxylic acids is 3. The van der Waals surface area contributed by atoms with Crippen LogP contribution in [0.4, 0.5) is 0 Å². The van der Waals surface area contributed by atoms with Gasteiger partial charge in [0, 0.05) is 24.8 Å². The van der Waals surface area contributed by atoms with E-state index in [4.69, 9.17) is 0 Å². The molecule has 0 bridgehead atoms. The molecule has 0 aromatic heterocycles. The van der Waals surface area contributed by atoms with E-state index in [1.165, 1.54) is 7.05 Å². The highest BCUT2D eigenvalue weighted by Crippen LogP contribution is 2.36. The van der Waals surface area contributed by atoms with Crippen molar-refractivity contribution in [3.63, 3.8) is 0 Å². The second-order valence-electron chi connectivity index (χ2n) is 4.82. The first kappa shape index (κ1) is 16.1. The maximum atomic E-state index is 12.0. The van der Waals surface area contributed by atoms with Crippen molar-refractivity contribution >= 4 is 17.8 Å². The van der Waals surface area contributed by atoms with Gasteiger partial charge < -0.3 is 4.74 Å². The molecule has 1 rings (SSSR count). The van der Waals surface area contributed by atoms with Gasteiger partial charge in [0.05, 0.1) is 7.11 Å². The standard InChI is InChI=1S/C12H18N2O6/c1-4-5-6-12(14(18)19,11(17)20-3)8-7-9(15)13(2)10(8)16/h8H,4-7H2,1-3H3/t8-,12+/m1/s1. The molecule has 1 saturated heterocycles. The molecule has 0 aliphatic carbocycles. The monoisotopic (exact) mass is 286 g/mol. The van der Waals surface area contributed by atoms with E-state index in [0.717, 1.165) is 12.0 Å². The van der Waals surface area contributed by atoms with Crippen LogP contribution in [-0.2, 0) is 19.1 Å². The molecule has 0 unspecified atom stereocenters. The normalized spacial score (nSPS) is 21.8. The third kappa shape index (κ3) is 2.37. The van der Waals surface area contributed by atoms with Gasteiger partial charge in [-0.15, -0.1) is 0 Å². The summed E-state index contributed by atoms with van der Waals surface area (Å²) in [7, 11) is 2.30. The van der Waals surface area contributed by atoms with E-state index in [1.807, 2.05) is 6.92 Å². The van der Waals surface area contributed by atoms with Crippen LogP contribution in [0.5, 0.6) is 0 Å². The van der Waals surface area contributed by atoms with Crippen LogP contribution in [0.1, 0.15) is 32.6 Å². The van der Waals surface area contributed by atoms with Crippen LogP contribution in [-0.4, -0.2) is 47.3 Å². The van der Waals surface area contributed by atoms with Crippen LogP contribution < -0.4 is 0 Å². The van der Waals surface area contributed by atoms with Crippen molar-refractivity contribution < 1.29 is 24.0 Å². The molecule has 112 valence electrons. The topological polar surface area (TPSA) is 107 Å².